The Kier molecular flexibility index (Phi) is 9.37. The molecular formula is C24H26N10O8S2. The second-order valence-electron chi connectivity index (χ2n) is 8.34. The van der Waals surface area contributed by atoms with Crippen LogP contribution in [-0.4, -0.2) is 75.2 Å². The van der Waals surface area contributed by atoms with Gasteiger partial charge >= 0.3 is 12.0 Å². The second kappa shape index (κ2) is 13.0. The van der Waals surface area contributed by atoms with E-state index in [0.29, 0.717) is 0 Å². The molecule has 0 atom stereocenters. The quantitative estimate of drug-likeness (QED) is 0.126. The van der Waals surface area contributed by atoms with Crippen LogP contribution in [0.4, 0.5) is 35.2 Å². The van der Waals surface area contributed by atoms with Gasteiger partial charge in [-0.05, 0) is 35.4 Å². The van der Waals surface area contributed by atoms with Crippen molar-refractivity contribution in [2.75, 3.05) is 50.5 Å². The highest BCUT2D eigenvalue weighted by atomic mass is 32.2. The van der Waals surface area contributed by atoms with Gasteiger partial charge in [0.15, 0.2) is 0 Å². The average Bonchev–Trinajstić information content (AvgIpc) is 3.00. The van der Waals surface area contributed by atoms with Crippen molar-refractivity contribution in [2.24, 2.45) is 0 Å². The molecule has 0 fully saturated rings. The molecule has 0 radical (unpaired) electrons. The minimum Gasteiger partial charge on any atom is -0.467 e. The summed E-state index contributed by atoms with van der Waals surface area (Å²) in [5, 5.41) is 5.66. The normalized spacial score (nSPS) is 11.8. The molecule has 0 aliphatic carbocycles. The fourth-order valence-corrected chi connectivity index (χ4v) is 5.34. The third kappa shape index (κ3) is 7.42. The van der Waals surface area contributed by atoms with Gasteiger partial charge in [0, 0.05) is 11.4 Å². The number of methoxy groups -OCH3 is 2. The molecule has 4 rings (SSSR count). The van der Waals surface area contributed by atoms with Crippen LogP contribution in [-0.2, 0) is 28.6 Å². The maximum Gasteiger partial charge on any atom is 0.322 e. The summed E-state index contributed by atoms with van der Waals surface area (Å²) < 4.78 is 70.7. The van der Waals surface area contributed by atoms with Crippen molar-refractivity contribution in [1.82, 2.24) is 29.9 Å². The molecule has 4 aromatic rings. The lowest BCUT2D eigenvalue weighted by molar-refractivity contribution is 0.379. The molecule has 0 aliphatic rings. The van der Waals surface area contributed by atoms with Crippen LogP contribution < -0.4 is 31.6 Å². The maximum atomic E-state index is 12.8. The standard InChI is InChI=1S/C24H26N10O8S2/c1-39-23-31-19(25)29-21(33-23)27-15-9-7-13(17(11-15)43(35,36)41-3)5-6-14-8-10-16(12-18(14)44(37,38)42-4)28-22-30-20(26)32-24(34-22)40-2/h5-12H,1-4H3,(H3,25,27,29,31,33)(H3,26,28,30,32,34)/b6-5+. The molecule has 44 heavy (non-hydrogen) atoms. The number of rotatable bonds is 12. The van der Waals surface area contributed by atoms with E-state index in [1.807, 2.05) is 0 Å². The van der Waals surface area contributed by atoms with Gasteiger partial charge in [-0.3, -0.25) is 8.37 Å². The van der Waals surface area contributed by atoms with Gasteiger partial charge < -0.3 is 31.6 Å². The number of nitrogens with one attached hydrogen (secondary N) is 2. The van der Waals surface area contributed by atoms with Crippen molar-refractivity contribution in [3.05, 3.63) is 47.5 Å². The third-order valence-electron chi connectivity index (χ3n) is 5.59. The van der Waals surface area contributed by atoms with Gasteiger partial charge in [0.05, 0.1) is 28.4 Å². The molecule has 20 heteroatoms. The van der Waals surface area contributed by atoms with Crippen LogP contribution in [0.2, 0.25) is 0 Å². The average molecular weight is 647 g/mol. The van der Waals surface area contributed by atoms with Crippen molar-refractivity contribution in [3.63, 3.8) is 0 Å². The summed E-state index contributed by atoms with van der Waals surface area (Å²) in [5.74, 6) is -0.243. The summed E-state index contributed by atoms with van der Waals surface area (Å²) in [6.45, 7) is 0. The van der Waals surface area contributed by atoms with Gasteiger partial charge in [0.25, 0.3) is 20.2 Å². The number of nitrogen functional groups attached to an aromatic ring is 2. The first-order chi connectivity index (χ1) is 20.9. The molecule has 0 bridgehead atoms. The van der Waals surface area contributed by atoms with E-state index >= 15 is 0 Å². The second-order valence-corrected chi connectivity index (χ2v) is 11.7. The highest BCUT2D eigenvalue weighted by molar-refractivity contribution is 7.87. The number of ether oxygens (including phenoxy) is 2. The van der Waals surface area contributed by atoms with E-state index in [1.165, 1.54) is 62.8 Å². The van der Waals surface area contributed by atoms with Crippen molar-refractivity contribution in [1.29, 1.82) is 0 Å². The molecule has 2 heterocycles. The van der Waals surface area contributed by atoms with E-state index < -0.39 is 20.2 Å². The summed E-state index contributed by atoms with van der Waals surface area (Å²) in [6, 6.07) is 8.45. The van der Waals surface area contributed by atoms with Crippen LogP contribution >= 0.6 is 0 Å². The Balaban J connectivity index is 1.72. The van der Waals surface area contributed by atoms with Crippen molar-refractivity contribution in [2.45, 2.75) is 9.79 Å². The number of hydrogen-bond acceptors (Lipinski definition) is 18. The van der Waals surface area contributed by atoms with E-state index in [2.05, 4.69) is 40.5 Å². The van der Waals surface area contributed by atoms with E-state index in [0.717, 1.165) is 14.2 Å². The van der Waals surface area contributed by atoms with E-state index in [4.69, 9.17) is 29.3 Å². The van der Waals surface area contributed by atoms with E-state index in [1.54, 1.807) is 0 Å². The smallest absolute Gasteiger partial charge is 0.322 e. The minimum absolute atomic E-state index is 0.000170. The molecule has 0 saturated carbocycles. The largest absolute Gasteiger partial charge is 0.467 e. The Morgan fingerprint density at radius 3 is 1.34 bits per heavy atom. The Bertz CT molecular complexity index is 1800. The summed E-state index contributed by atoms with van der Waals surface area (Å²) in [4.78, 5) is 23.0. The molecule has 0 amide bonds. The van der Waals surface area contributed by atoms with Crippen molar-refractivity contribution >= 4 is 67.6 Å². The molecule has 232 valence electrons. The molecule has 0 aliphatic heterocycles. The lowest BCUT2D eigenvalue weighted by Crippen LogP contribution is -2.08. The number of nitrogens with zero attached hydrogens (tertiary/aromatic N) is 6. The van der Waals surface area contributed by atoms with Crippen molar-refractivity contribution in [3.8, 4) is 12.0 Å². The molecule has 2 aromatic heterocycles. The Hall–Kier alpha value is -5.18. The monoisotopic (exact) mass is 646 g/mol. The van der Waals surface area contributed by atoms with Crippen LogP contribution in [0, 0.1) is 0 Å². The van der Waals surface area contributed by atoms with Gasteiger partial charge in [-0.2, -0.15) is 46.7 Å². The van der Waals surface area contributed by atoms with Gasteiger partial charge in [-0.1, -0.05) is 24.3 Å². The predicted octanol–water partition coefficient (Wildman–Crippen LogP) is 1.57. The zero-order valence-electron chi connectivity index (χ0n) is 23.5. The van der Waals surface area contributed by atoms with E-state index in [9.17, 15) is 16.8 Å². The van der Waals surface area contributed by atoms with Crippen LogP contribution in [0.1, 0.15) is 11.1 Å². The zero-order valence-corrected chi connectivity index (χ0v) is 25.2. The van der Waals surface area contributed by atoms with Crippen LogP contribution in [0.25, 0.3) is 12.2 Å². The Labute approximate surface area is 251 Å². The topological polar surface area (TPSA) is 259 Å². The first kappa shape index (κ1) is 31.7. The van der Waals surface area contributed by atoms with E-state index in [-0.39, 0.29) is 68.1 Å². The fourth-order valence-electron chi connectivity index (χ4n) is 3.59. The summed E-state index contributed by atoms with van der Waals surface area (Å²) in [5.41, 5.74) is 12.2. The first-order valence-corrected chi connectivity index (χ1v) is 14.9. The molecule has 18 nitrogen and oxygen atoms in total. The highest BCUT2D eigenvalue weighted by Gasteiger charge is 2.21. The van der Waals surface area contributed by atoms with Gasteiger partial charge in [-0.25, -0.2) is 0 Å². The summed E-state index contributed by atoms with van der Waals surface area (Å²) in [7, 11) is -3.79. The first-order valence-electron chi connectivity index (χ1n) is 12.1. The summed E-state index contributed by atoms with van der Waals surface area (Å²) >= 11 is 0. The van der Waals surface area contributed by atoms with Gasteiger partial charge in [-0.15, -0.1) is 0 Å². The number of benzene rings is 2. The minimum atomic E-state index is -4.25. The van der Waals surface area contributed by atoms with Crippen LogP contribution in [0.3, 0.4) is 0 Å². The fraction of sp³-hybridized carbons (Fsp3) is 0.167. The Morgan fingerprint density at radius 1 is 0.614 bits per heavy atom. The predicted molar refractivity (Wildman–Crippen MR) is 158 cm³/mol. The van der Waals surface area contributed by atoms with Gasteiger partial charge in [0.2, 0.25) is 23.8 Å². The number of anilines is 6. The third-order valence-corrected chi connectivity index (χ3v) is 8.25. The zero-order chi connectivity index (χ0) is 32.1. The maximum absolute atomic E-state index is 12.8. The number of aromatic nitrogens is 6. The Morgan fingerprint density at radius 2 is 1.00 bits per heavy atom. The molecular weight excluding hydrogens is 620 g/mol. The van der Waals surface area contributed by atoms with Crippen LogP contribution in [0.15, 0.2) is 46.2 Å². The molecule has 2 aromatic carbocycles. The number of hydrogen-bond donors (Lipinski definition) is 4. The lowest BCUT2D eigenvalue weighted by atomic mass is 10.1. The highest BCUT2D eigenvalue weighted by Crippen LogP contribution is 2.29. The van der Waals surface area contributed by atoms with Gasteiger partial charge in [0.1, 0.15) is 9.79 Å². The molecule has 6 N–H and O–H groups in total. The lowest BCUT2D eigenvalue weighted by Gasteiger charge is -2.12. The molecule has 0 spiro atoms. The van der Waals surface area contributed by atoms with Crippen molar-refractivity contribution < 1.29 is 34.7 Å². The summed E-state index contributed by atoms with van der Waals surface area (Å²) in [6.07, 6.45) is 2.79. The molecule has 0 unspecified atom stereocenters. The SMILES string of the molecule is COc1nc(N)nc(Nc2ccc(/C=C/c3ccc(Nc4nc(N)nc(OC)n4)cc3S(=O)(=O)OC)c(S(=O)(=O)OC)c2)n1. The molecule has 0 saturated heterocycles. The van der Waals surface area contributed by atoms with Crippen LogP contribution in [0.5, 0.6) is 12.0 Å². The number of nitrogens with two attached hydrogens (primary N) is 2.